The smallest absolute Gasteiger partial charge is 0.174 e. The van der Waals surface area contributed by atoms with Gasteiger partial charge in [-0.2, -0.15) is 0 Å². The highest BCUT2D eigenvalue weighted by atomic mass is 32.1. The monoisotopic (exact) mass is 482 g/mol. The van der Waals surface area contributed by atoms with Crippen LogP contribution in [0.1, 0.15) is 52.8 Å². The van der Waals surface area contributed by atoms with Gasteiger partial charge < -0.3 is 19.9 Å². The molecule has 2 aromatic heterocycles. The number of benzene rings is 2. The van der Waals surface area contributed by atoms with Crippen LogP contribution >= 0.6 is 12.2 Å². The molecule has 0 unspecified atom stereocenters. The Morgan fingerprint density at radius 1 is 1.00 bits per heavy atom. The zero-order valence-corrected chi connectivity index (χ0v) is 21.3. The Balaban J connectivity index is 1.73. The number of thiocarbonyl (C=S) groups is 1. The van der Waals surface area contributed by atoms with Gasteiger partial charge in [0.15, 0.2) is 5.11 Å². The molecule has 0 aliphatic carbocycles. The Labute approximate surface area is 212 Å². The van der Waals surface area contributed by atoms with Gasteiger partial charge in [-0.15, -0.1) is 0 Å². The number of rotatable bonds is 5. The Kier molecular flexibility index (Phi) is 6.07. The minimum absolute atomic E-state index is 0.167. The number of para-hydroxylation sites is 3. The molecule has 4 aromatic rings. The lowest BCUT2D eigenvalue weighted by atomic mass is 9.96. The van der Waals surface area contributed by atoms with E-state index in [9.17, 15) is 5.11 Å². The van der Waals surface area contributed by atoms with E-state index in [1.807, 2.05) is 47.5 Å². The first-order valence-electron chi connectivity index (χ1n) is 12.0. The highest BCUT2D eigenvalue weighted by Crippen LogP contribution is 2.46. The molecule has 5 rings (SSSR count). The van der Waals surface area contributed by atoms with Crippen LogP contribution in [0.2, 0.25) is 0 Å². The molecule has 0 saturated carbocycles. The van der Waals surface area contributed by atoms with E-state index in [1.54, 1.807) is 6.07 Å². The van der Waals surface area contributed by atoms with Crippen LogP contribution in [0, 0.1) is 20.8 Å². The van der Waals surface area contributed by atoms with Crippen LogP contribution in [0.3, 0.4) is 0 Å². The number of phenolic OH excluding ortho intramolecular Hbond substituents is 1. The van der Waals surface area contributed by atoms with Crippen LogP contribution in [0.25, 0.3) is 5.69 Å². The second-order valence-electron chi connectivity index (χ2n) is 9.08. The van der Waals surface area contributed by atoms with Crippen molar-refractivity contribution >= 4 is 23.0 Å². The van der Waals surface area contributed by atoms with Crippen LogP contribution in [0.4, 0.5) is 5.69 Å². The summed E-state index contributed by atoms with van der Waals surface area (Å²) in [4.78, 5) is 6.70. The van der Waals surface area contributed by atoms with Crippen molar-refractivity contribution in [3.63, 3.8) is 0 Å². The van der Waals surface area contributed by atoms with Crippen molar-refractivity contribution in [1.82, 2.24) is 14.9 Å². The topological polar surface area (TPSA) is 53.3 Å². The maximum Gasteiger partial charge on any atom is 0.174 e. The normalized spacial score (nSPS) is 17.6. The molecule has 2 aromatic carbocycles. The molecule has 1 fully saturated rings. The molecule has 6 heteroatoms. The molecule has 0 amide bonds. The molecule has 0 bridgehead atoms. The van der Waals surface area contributed by atoms with E-state index in [4.69, 9.17) is 12.2 Å². The number of aromatic nitrogens is 2. The van der Waals surface area contributed by atoms with E-state index in [-0.39, 0.29) is 17.8 Å². The first kappa shape index (κ1) is 23.1. The fourth-order valence-electron chi connectivity index (χ4n) is 5.35. The van der Waals surface area contributed by atoms with E-state index < -0.39 is 0 Å². The van der Waals surface area contributed by atoms with Crippen LogP contribution in [-0.2, 0) is 6.42 Å². The number of anilines is 1. The van der Waals surface area contributed by atoms with Gasteiger partial charge in [0.25, 0.3) is 0 Å². The average molecular weight is 483 g/mol. The van der Waals surface area contributed by atoms with Gasteiger partial charge in [-0.05, 0) is 86.4 Å². The number of phenols is 1. The third kappa shape index (κ3) is 3.88. The Bertz CT molecular complexity index is 1400. The molecule has 1 saturated heterocycles. The summed E-state index contributed by atoms with van der Waals surface area (Å²) in [6.07, 6.45) is 2.77. The summed E-state index contributed by atoms with van der Waals surface area (Å²) in [6, 6.07) is 21.7. The predicted octanol–water partition coefficient (Wildman–Crippen LogP) is 6.24. The first-order chi connectivity index (χ1) is 16.9. The van der Waals surface area contributed by atoms with Crippen molar-refractivity contribution < 1.29 is 5.11 Å². The number of nitrogens with zero attached hydrogens (tertiary/aromatic N) is 3. The summed E-state index contributed by atoms with van der Waals surface area (Å²) < 4.78 is 2.36. The van der Waals surface area contributed by atoms with Gasteiger partial charge in [-0.1, -0.05) is 43.3 Å². The SMILES string of the molecule is CCc1cccc(C)c1-n1c(C)cc([C@@H]2[C@H](c3ccccn3)NC(=S)N2c2ccccc2O)c1C. The molecule has 0 radical (unpaired) electrons. The average Bonchev–Trinajstić information content (AvgIpc) is 3.35. The molecule has 2 atom stereocenters. The van der Waals surface area contributed by atoms with Crippen molar-refractivity contribution in [3.05, 3.63) is 107 Å². The largest absolute Gasteiger partial charge is 0.506 e. The molecule has 0 spiro atoms. The lowest BCUT2D eigenvalue weighted by molar-refractivity contribution is 0.472. The fourth-order valence-corrected chi connectivity index (χ4v) is 5.69. The maximum atomic E-state index is 10.8. The standard InChI is InChI=1S/C29H30N4OS/c1-5-21-12-10-11-18(2)27(21)32-19(3)17-22(20(32)4)28-26(23-13-8-9-16-30-23)31-29(35)33(28)24-14-6-7-15-25(24)34/h6-17,26,28,34H,5H2,1-4H3,(H,31,35)/t26-,28+/m0/s1. The van der Waals surface area contributed by atoms with Crippen LogP contribution in [0.15, 0.2) is 72.9 Å². The number of nitrogens with one attached hydrogen (secondary N) is 1. The van der Waals surface area contributed by atoms with E-state index in [0.29, 0.717) is 10.8 Å². The first-order valence-corrected chi connectivity index (χ1v) is 12.4. The number of hydrogen-bond donors (Lipinski definition) is 2. The summed E-state index contributed by atoms with van der Waals surface area (Å²) in [5, 5.41) is 14.8. The lowest BCUT2D eigenvalue weighted by Crippen LogP contribution is -2.29. The van der Waals surface area contributed by atoms with Crippen LogP contribution in [-0.4, -0.2) is 19.8 Å². The Hall–Kier alpha value is -3.64. The Morgan fingerprint density at radius 2 is 1.77 bits per heavy atom. The van der Waals surface area contributed by atoms with Crippen molar-refractivity contribution in [2.75, 3.05) is 4.90 Å². The zero-order chi connectivity index (χ0) is 24.7. The fraction of sp³-hybridized carbons (Fsp3) is 0.241. The van der Waals surface area contributed by atoms with Crippen molar-refractivity contribution in [3.8, 4) is 11.4 Å². The second kappa shape index (κ2) is 9.19. The van der Waals surface area contributed by atoms with Crippen LogP contribution in [0.5, 0.6) is 5.75 Å². The van der Waals surface area contributed by atoms with Gasteiger partial charge in [-0.3, -0.25) is 4.98 Å². The number of hydrogen-bond acceptors (Lipinski definition) is 3. The highest BCUT2D eigenvalue weighted by molar-refractivity contribution is 7.80. The Morgan fingerprint density at radius 3 is 2.49 bits per heavy atom. The predicted molar refractivity (Wildman–Crippen MR) is 145 cm³/mol. The maximum absolute atomic E-state index is 10.8. The molecule has 35 heavy (non-hydrogen) atoms. The van der Waals surface area contributed by atoms with E-state index in [0.717, 1.165) is 29.1 Å². The zero-order valence-electron chi connectivity index (χ0n) is 20.5. The van der Waals surface area contributed by atoms with Gasteiger partial charge in [0, 0.05) is 17.6 Å². The van der Waals surface area contributed by atoms with Gasteiger partial charge >= 0.3 is 0 Å². The molecule has 1 aliphatic rings. The summed E-state index contributed by atoms with van der Waals surface area (Å²) in [5.74, 6) is 0.198. The van der Waals surface area contributed by atoms with Crippen molar-refractivity contribution in [1.29, 1.82) is 0 Å². The van der Waals surface area contributed by atoms with Gasteiger partial charge in [-0.25, -0.2) is 0 Å². The van der Waals surface area contributed by atoms with Gasteiger partial charge in [0.05, 0.1) is 29.2 Å². The van der Waals surface area contributed by atoms with Crippen molar-refractivity contribution in [2.24, 2.45) is 0 Å². The number of aromatic hydroxyl groups is 1. The minimum Gasteiger partial charge on any atom is -0.506 e. The second-order valence-corrected chi connectivity index (χ2v) is 9.47. The molecular weight excluding hydrogens is 452 g/mol. The summed E-state index contributed by atoms with van der Waals surface area (Å²) in [6.45, 7) is 8.70. The number of aryl methyl sites for hydroxylation is 3. The number of pyridine rings is 1. The van der Waals surface area contributed by atoms with E-state index >= 15 is 0 Å². The third-order valence-corrected chi connectivity index (χ3v) is 7.27. The highest BCUT2D eigenvalue weighted by Gasteiger charge is 2.43. The van der Waals surface area contributed by atoms with E-state index in [1.165, 1.54) is 16.8 Å². The molecule has 3 heterocycles. The van der Waals surface area contributed by atoms with Crippen molar-refractivity contribution in [2.45, 2.75) is 46.2 Å². The van der Waals surface area contributed by atoms with Gasteiger partial charge in [0.2, 0.25) is 0 Å². The summed E-state index contributed by atoms with van der Waals surface area (Å²) in [5.41, 5.74) is 8.87. The quantitative estimate of drug-likeness (QED) is 0.330. The summed E-state index contributed by atoms with van der Waals surface area (Å²) in [7, 11) is 0. The molecule has 1 aliphatic heterocycles. The molecule has 178 valence electrons. The minimum atomic E-state index is -0.181. The van der Waals surface area contributed by atoms with E-state index in [2.05, 4.69) is 66.8 Å². The molecular formula is C29H30N4OS. The summed E-state index contributed by atoms with van der Waals surface area (Å²) >= 11 is 5.84. The van der Waals surface area contributed by atoms with Crippen LogP contribution < -0.4 is 10.2 Å². The molecule has 2 N–H and O–H groups in total. The molecule has 5 nitrogen and oxygen atoms in total. The van der Waals surface area contributed by atoms with Gasteiger partial charge in [0.1, 0.15) is 5.75 Å². The third-order valence-electron chi connectivity index (χ3n) is 6.95. The lowest BCUT2D eigenvalue weighted by Gasteiger charge is -2.28.